The number of hydrogen-bond acceptors (Lipinski definition) is 4. The molecule has 6 nitrogen and oxygen atoms in total. The van der Waals surface area contributed by atoms with Crippen LogP contribution in [0, 0.1) is 0 Å². The Balaban J connectivity index is 2.49. The summed E-state index contributed by atoms with van der Waals surface area (Å²) in [4.78, 5) is 23.0. The molecule has 0 fully saturated rings. The zero-order valence-electron chi connectivity index (χ0n) is 11.8. The molecule has 0 aliphatic rings. The molecule has 0 unspecified atom stereocenters. The molecule has 1 aromatic carbocycles. The first-order chi connectivity index (χ1) is 10.0. The first kappa shape index (κ1) is 17.6. The first-order valence-corrected chi connectivity index (χ1v) is 7.41. The number of quaternary nitrogens is 1. The Hall–Kier alpha value is -1.44. The highest BCUT2D eigenvalue weighted by Crippen LogP contribution is 2.21. The molecular weight excluding hydrogens is 340 g/mol. The van der Waals surface area contributed by atoms with Crippen LogP contribution in [0.25, 0.3) is 0 Å². The van der Waals surface area contributed by atoms with Crippen LogP contribution in [0.5, 0.6) is 0 Å². The van der Waals surface area contributed by atoms with Crippen molar-refractivity contribution >= 4 is 33.5 Å². The fourth-order valence-corrected chi connectivity index (χ4v) is 2.16. The maximum atomic E-state index is 11.9. The van der Waals surface area contributed by atoms with E-state index in [1.807, 2.05) is 6.07 Å². The maximum absolute atomic E-state index is 11.9. The minimum absolute atomic E-state index is 0.142. The van der Waals surface area contributed by atoms with Gasteiger partial charge < -0.3 is 25.3 Å². The Morgan fingerprint density at radius 2 is 2.14 bits per heavy atom. The second kappa shape index (κ2) is 9.49. The number of para-hydroxylation sites is 1. The first-order valence-electron chi connectivity index (χ1n) is 6.62. The normalized spacial score (nSPS) is 11.9. The average Bonchev–Trinajstić information content (AvgIpc) is 2.44. The number of methoxy groups -OCH3 is 1. The summed E-state index contributed by atoms with van der Waals surface area (Å²) < 4.78 is 5.63. The maximum Gasteiger partial charge on any atom is 0.230 e. The Kier molecular flexibility index (Phi) is 7.96. The van der Waals surface area contributed by atoms with E-state index in [1.165, 1.54) is 0 Å². The van der Waals surface area contributed by atoms with E-state index in [2.05, 4.69) is 21.2 Å². The number of hydrogen-bond donors (Lipinski definition) is 2. The molecule has 116 valence electrons. The Labute approximate surface area is 132 Å². The Morgan fingerprint density at radius 3 is 2.76 bits per heavy atom. The summed E-state index contributed by atoms with van der Waals surface area (Å²) >= 11 is 3.31. The third kappa shape index (κ3) is 6.70. The number of rotatable bonds is 9. The van der Waals surface area contributed by atoms with Crippen LogP contribution in [-0.4, -0.2) is 38.2 Å². The van der Waals surface area contributed by atoms with Crippen LogP contribution in [0.15, 0.2) is 28.7 Å². The van der Waals surface area contributed by atoms with Crippen molar-refractivity contribution in [2.75, 3.05) is 25.6 Å². The number of amides is 1. The highest BCUT2D eigenvalue weighted by Gasteiger charge is 2.18. The molecule has 3 N–H and O–H groups in total. The zero-order valence-corrected chi connectivity index (χ0v) is 13.4. The lowest BCUT2D eigenvalue weighted by molar-refractivity contribution is -0.682. The fraction of sp³-hybridized carbons (Fsp3) is 0.429. The van der Waals surface area contributed by atoms with Gasteiger partial charge >= 0.3 is 0 Å². The molecule has 21 heavy (non-hydrogen) atoms. The summed E-state index contributed by atoms with van der Waals surface area (Å²) in [6.07, 6.45) is 0.572. The van der Waals surface area contributed by atoms with Gasteiger partial charge in [-0.15, -0.1) is 0 Å². The summed E-state index contributed by atoms with van der Waals surface area (Å²) in [5.41, 5.74) is 0.610. The van der Waals surface area contributed by atoms with E-state index < -0.39 is 12.0 Å². The van der Waals surface area contributed by atoms with E-state index in [0.29, 0.717) is 25.3 Å². The number of aliphatic carboxylic acids is 1. The van der Waals surface area contributed by atoms with E-state index in [0.717, 1.165) is 4.47 Å². The van der Waals surface area contributed by atoms with Crippen LogP contribution in [0.1, 0.15) is 12.8 Å². The minimum atomic E-state index is -1.24. The summed E-state index contributed by atoms with van der Waals surface area (Å²) in [6, 6.07) is 6.24. The molecular formula is C14H19BrN2O4. The summed E-state index contributed by atoms with van der Waals surface area (Å²) in [5, 5.41) is 15.3. The number of halogens is 1. The minimum Gasteiger partial charge on any atom is -0.544 e. The third-order valence-electron chi connectivity index (χ3n) is 2.86. The lowest BCUT2D eigenvalue weighted by atomic mass is 10.2. The highest BCUT2D eigenvalue weighted by atomic mass is 79.9. The topological polar surface area (TPSA) is 95.1 Å². The van der Waals surface area contributed by atoms with Crippen LogP contribution in [0.3, 0.4) is 0 Å². The number of nitrogens with one attached hydrogen (secondary N) is 1. The molecule has 7 heteroatoms. The Morgan fingerprint density at radius 1 is 1.43 bits per heavy atom. The second-order valence-corrected chi connectivity index (χ2v) is 5.38. The van der Waals surface area contributed by atoms with Crippen LogP contribution < -0.4 is 15.7 Å². The van der Waals surface area contributed by atoms with E-state index in [4.69, 9.17) is 4.74 Å². The number of carboxylic acid groups (broad SMARTS) is 1. The van der Waals surface area contributed by atoms with Gasteiger partial charge in [0.1, 0.15) is 6.04 Å². The molecule has 0 saturated carbocycles. The molecule has 0 aliphatic carbocycles. The predicted octanol–water partition coefficient (Wildman–Crippen LogP) is -0.504. The van der Waals surface area contributed by atoms with Gasteiger partial charge in [-0.05, 0) is 28.1 Å². The van der Waals surface area contributed by atoms with Crippen molar-refractivity contribution in [3.63, 3.8) is 0 Å². The molecule has 0 aromatic heterocycles. The van der Waals surface area contributed by atoms with Gasteiger partial charge in [0, 0.05) is 18.0 Å². The summed E-state index contributed by atoms with van der Waals surface area (Å²) in [6.45, 7) is 1.12. The fourth-order valence-electron chi connectivity index (χ4n) is 1.77. The zero-order chi connectivity index (χ0) is 15.7. The predicted molar refractivity (Wildman–Crippen MR) is 79.5 cm³/mol. The quantitative estimate of drug-likeness (QED) is 0.581. The molecule has 1 aromatic rings. The number of ether oxygens (including phenoxy) is 1. The van der Waals surface area contributed by atoms with Crippen LogP contribution in [0.2, 0.25) is 0 Å². The van der Waals surface area contributed by atoms with Gasteiger partial charge in [0.2, 0.25) is 5.91 Å². The van der Waals surface area contributed by atoms with E-state index >= 15 is 0 Å². The highest BCUT2D eigenvalue weighted by molar-refractivity contribution is 9.10. The molecule has 0 heterocycles. The lowest BCUT2D eigenvalue weighted by Gasteiger charge is -2.16. The third-order valence-corrected chi connectivity index (χ3v) is 3.55. The van der Waals surface area contributed by atoms with Crippen molar-refractivity contribution in [3.05, 3.63) is 28.7 Å². The van der Waals surface area contributed by atoms with E-state index in [-0.39, 0.29) is 12.3 Å². The number of nitrogens with two attached hydrogens (primary N) is 1. The standard InChI is InChI=1S/C14H19BrN2O4/c1-21-8-4-7-16-12(14(19)20)9-13(18)17-11-6-3-2-5-10(11)15/h2-3,5-6,12,16H,4,7-9H2,1H3,(H,17,18)(H,19,20)/t12-/m1/s1. The molecule has 0 saturated heterocycles. The van der Waals surface area contributed by atoms with Crippen LogP contribution >= 0.6 is 15.9 Å². The monoisotopic (exact) mass is 358 g/mol. The largest absolute Gasteiger partial charge is 0.544 e. The average molecular weight is 359 g/mol. The van der Waals surface area contributed by atoms with Crippen LogP contribution in [0.4, 0.5) is 5.69 Å². The molecule has 0 aliphatic heterocycles. The smallest absolute Gasteiger partial charge is 0.230 e. The lowest BCUT2D eigenvalue weighted by Crippen LogP contribution is -2.93. The number of carboxylic acids is 1. The summed E-state index contributed by atoms with van der Waals surface area (Å²) in [7, 11) is 1.58. The number of anilines is 1. The van der Waals surface area contributed by atoms with Crippen molar-refractivity contribution in [2.24, 2.45) is 0 Å². The SMILES string of the molecule is COCCC[NH2+][C@H](CC(=O)Nc1ccccc1Br)C(=O)[O-]. The van der Waals surface area contributed by atoms with Gasteiger partial charge in [0.05, 0.1) is 31.2 Å². The molecule has 1 amide bonds. The van der Waals surface area contributed by atoms with Gasteiger partial charge in [0.15, 0.2) is 0 Å². The number of carbonyl (C=O) groups is 2. The Bertz CT molecular complexity index is 482. The molecule has 0 radical (unpaired) electrons. The van der Waals surface area contributed by atoms with Gasteiger partial charge in [-0.3, -0.25) is 4.79 Å². The second-order valence-electron chi connectivity index (χ2n) is 4.53. The molecule has 1 atom stereocenters. The van der Waals surface area contributed by atoms with Gasteiger partial charge in [-0.1, -0.05) is 12.1 Å². The van der Waals surface area contributed by atoms with Crippen molar-refractivity contribution in [2.45, 2.75) is 18.9 Å². The van der Waals surface area contributed by atoms with E-state index in [1.54, 1.807) is 30.6 Å². The molecule has 1 rings (SSSR count). The number of benzene rings is 1. The van der Waals surface area contributed by atoms with Gasteiger partial charge in [-0.2, -0.15) is 0 Å². The van der Waals surface area contributed by atoms with Crippen molar-refractivity contribution < 1.29 is 24.7 Å². The number of carbonyl (C=O) groups excluding carboxylic acids is 2. The van der Waals surface area contributed by atoms with Crippen molar-refractivity contribution in [3.8, 4) is 0 Å². The molecule has 0 bridgehead atoms. The summed E-state index contributed by atoms with van der Waals surface area (Å²) in [5.74, 6) is -1.60. The van der Waals surface area contributed by atoms with Crippen molar-refractivity contribution in [1.29, 1.82) is 0 Å². The van der Waals surface area contributed by atoms with Crippen molar-refractivity contribution in [1.82, 2.24) is 0 Å². The van der Waals surface area contributed by atoms with Gasteiger partial charge in [0.25, 0.3) is 0 Å². The molecule has 0 spiro atoms. The van der Waals surface area contributed by atoms with Gasteiger partial charge in [-0.25, -0.2) is 0 Å². The van der Waals surface area contributed by atoms with Crippen LogP contribution in [-0.2, 0) is 14.3 Å². The van der Waals surface area contributed by atoms with E-state index in [9.17, 15) is 14.7 Å².